The molecule has 5 rings (SSSR count). The number of fused-ring (bicyclic) bond motifs is 4. The van der Waals surface area contributed by atoms with E-state index in [1.165, 1.54) is 11.7 Å². The molecule has 7 nitrogen and oxygen atoms in total. The van der Waals surface area contributed by atoms with E-state index in [0.717, 1.165) is 27.5 Å². The van der Waals surface area contributed by atoms with E-state index in [9.17, 15) is 9.59 Å². The van der Waals surface area contributed by atoms with Crippen LogP contribution in [0.25, 0.3) is 21.9 Å². The Bertz CT molecular complexity index is 1340. The van der Waals surface area contributed by atoms with Crippen molar-refractivity contribution in [1.29, 1.82) is 0 Å². The monoisotopic (exact) mass is 403 g/mol. The summed E-state index contributed by atoms with van der Waals surface area (Å²) in [7, 11) is 1.33. The molecule has 0 amide bonds. The van der Waals surface area contributed by atoms with E-state index in [-0.39, 0.29) is 11.6 Å². The van der Waals surface area contributed by atoms with Crippen LogP contribution in [0.4, 0.5) is 5.69 Å². The molecule has 152 valence electrons. The van der Waals surface area contributed by atoms with Crippen molar-refractivity contribution in [3.63, 3.8) is 0 Å². The molecule has 0 unspecified atom stereocenters. The van der Waals surface area contributed by atoms with Gasteiger partial charge in [-0.15, -0.1) is 0 Å². The number of furan rings is 1. The zero-order chi connectivity index (χ0) is 20.8. The van der Waals surface area contributed by atoms with Crippen LogP contribution in [0.3, 0.4) is 0 Å². The van der Waals surface area contributed by atoms with Crippen LogP contribution in [0, 0.1) is 0 Å². The molecule has 1 aliphatic heterocycles. The molecule has 1 aliphatic rings. The largest absolute Gasteiger partial charge is 0.467 e. The summed E-state index contributed by atoms with van der Waals surface area (Å²) < 4.78 is 12.2. The predicted octanol–water partition coefficient (Wildman–Crippen LogP) is 3.98. The molecule has 2 aromatic heterocycles. The molecule has 0 saturated heterocycles. The number of nitrogens with one attached hydrogen (secondary N) is 1. The van der Waals surface area contributed by atoms with Crippen molar-refractivity contribution >= 4 is 33.6 Å². The Morgan fingerprint density at radius 1 is 1.23 bits per heavy atom. The Kier molecular flexibility index (Phi) is 4.31. The topological polar surface area (TPSA) is 86.4 Å². The van der Waals surface area contributed by atoms with Gasteiger partial charge in [0, 0.05) is 23.2 Å². The second kappa shape index (κ2) is 7.02. The van der Waals surface area contributed by atoms with E-state index >= 15 is 0 Å². The van der Waals surface area contributed by atoms with Crippen molar-refractivity contribution in [2.45, 2.75) is 31.8 Å². The van der Waals surface area contributed by atoms with Gasteiger partial charge in [0.25, 0.3) is 5.56 Å². The first-order valence-electron chi connectivity index (χ1n) is 9.93. The number of carbonyl (C=O) groups excluding carboxylic acids is 1. The van der Waals surface area contributed by atoms with Crippen LogP contribution >= 0.6 is 0 Å². The number of hydrogen-bond acceptors (Lipinski definition) is 6. The number of carbonyl (C=O) groups is 1. The number of nitrogens with zero attached hydrogens (tertiary/aromatic N) is 2. The van der Waals surface area contributed by atoms with Gasteiger partial charge in [-0.05, 0) is 37.1 Å². The molecule has 0 saturated carbocycles. The first kappa shape index (κ1) is 18.4. The smallest absolute Gasteiger partial charge is 0.329 e. The van der Waals surface area contributed by atoms with E-state index in [4.69, 9.17) is 9.15 Å². The van der Waals surface area contributed by atoms with Gasteiger partial charge in [0.05, 0.1) is 13.3 Å². The number of rotatable bonds is 4. The summed E-state index contributed by atoms with van der Waals surface area (Å²) in [4.78, 5) is 29.5. The minimum absolute atomic E-state index is 0.144. The average Bonchev–Trinajstić information content (AvgIpc) is 3.36. The highest BCUT2D eigenvalue weighted by Crippen LogP contribution is 2.31. The van der Waals surface area contributed by atoms with Crippen molar-refractivity contribution in [3.8, 4) is 0 Å². The predicted molar refractivity (Wildman–Crippen MR) is 114 cm³/mol. The van der Waals surface area contributed by atoms with Gasteiger partial charge in [-0.1, -0.05) is 24.3 Å². The van der Waals surface area contributed by atoms with E-state index in [0.29, 0.717) is 24.4 Å². The van der Waals surface area contributed by atoms with Crippen molar-refractivity contribution in [2.24, 2.45) is 0 Å². The summed E-state index contributed by atoms with van der Waals surface area (Å²) in [6.07, 6.45) is 2.66. The van der Waals surface area contributed by atoms with Crippen LogP contribution in [0.15, 0.2) is 57.9 Å². The van der Waals surface area contributed by atoms with Gasteiger partial charge >= 0.3 is 5.97 Å². The Labute approximate surface area is 172 Å². The van der Waals surface area contributed by atoms with E-state index < -0.39 is 12.0 Å². The molecule has 30 heavy (non-hydrogen) atoms. The van der Waals surface area contributed by atoms with Crippen molar-refractivity contribution < 1.29 is 13.9 Å². The summed E-state index contributed by atoms with van der Waals surface area (Å²) in [5.74, 6) is 0.194. The van der Waals surface area contributed by atoms with Crippen LogP contribution in [-0.2, 0) is 16.0 Å². The fraction of sp³-hybridized carbons (Fsp3) is 0.261. The quantitative estimate of drug-likeness (QED) is 0.519. The maximum Gasteiger partial charge on any atom is 0.329 e. The molecular formula is C23H21N3O4. The van der Waals surface area contributed by atoms with Gasteiger partial charge in [0.15, 0.2) is 0 Å². The molecule has 0 bridgehead atoms. The Morgan fingerprint density at radius 3 is 2.87 bits per heavy atom. The van der Waals surface area contributed by atoms with Crippen LogP contribution < -0.4 is 10.9 Å². The minimum atomic E-state index is -0.615. The number of aromatic nitrogens is 2. The lowest BCUT2D eigenvalue weighted by molar-refractivity contribution is -0.144. The number of benzene rings is 2. The lowest BCUT2D eigenvalue weighted by atomic mass is 10.0. The summed E-state index contributed by atoms with van der Waals surface area (Å²) in [6.45, 7) is 1.98. The Balaban J connectivity index is 1.49. The highest BCUT2D eigenvalue weighted by atomic mass is 16.5. The van der Waals surface area contributed by atoms with Crippen molar-refractivity contribution in [1.82, 2.24) is 9.55 Å². The number of esters is 1. The van der Waals surface area contributed by atoms with Crippen molar-refractivity contribution in [2.75, 3.05) is 12.4 Å². The van der Waals surface area contributed by atoms with Gasteiger partial charge in [0.2, 0.25) is 0 Å². The fourth-order valence-corrected chi connectivity index (χ4v) is 4.19. The molecule has 0 spiro atoms. The fourth-order valence-electron chi connectivity index (χ4n) is 4.19. The number of anilines is 1. The third-order valence-corrected chi connectivity index (χ3v) is 5.77. The van der Waals surface area contributed by atoms with Crippen LogP contribution in [0.1, 0.15) is 36.8 Å². The average molecular weight is 403 g/mol. The minimum Gasteiger partial charge on any atom is -0.467 e. The highest BCUT2D eigenvalue weighted by molar-refractivity contribution is 6.05. The lowest BCUT2D eigenvalue weighted by Crippen LogP contribution is -2.31. The van der Waals surface area contributed by atoms with E-state index in [1.54, 1.807) is 6.20 Å². The number of aryl methyl sites for hydroxylation is 1. The lowest BCUT2D eigenvalue weighted by Gasteiger charge is -2.17. The molecule has 7 heteroatoms. The van der Waals surface area contributed by atoms with Gasteiger partial charge in [-0.2, -0.15) is 0 Å². The normalized spacial score (nSPS) is 16.5. The Morgan fingerprint density at radius 2 is 2.03 bits per heavy atom. The summed E-state index contributed by atoms with van der Waals surface area (Å²) in [5, 5.41) is 5.35. The van der Waals surface area contributed by atoms with Crippen LogP contribution in [-0.4, -0.2) is 22.6 Å². The second-order valence-corrected chi connectivity index (χ2v) is 7.56. The van der Waals surface area contributed by atoms with Crippen molar-refractivity contribution in [3.05, 3.63) is 70.4 Å². The number of methoxy groups -OCH3 is 1. The molecule has 1 N–H and O–H groups in total. The van der Waals surface area contributed by atoms with Gasteiger partial charge in [-0.3, -0.25) is 9.36 Å². The maximum atomic E-state index is 13.0. The van der Waals surface area contributed by atoms with Gasteiger partial charge < -0.3 is 14.5 Å². The zero-order valence-corrected chi connectivity index (χ0v) is 16.7. The summed E-state index contributed by atoms with van der Waals surface area (Å²) in [6, 6.07) is 13.2. The second-order valence-electron chi connectivity index (χ2n) is 7.56. The molecular weight excluding hydrogens is 382 g/mol. The van der Waals surface area contributed by atoms with E-state index in [2.05, 4.69) is 16.4 Å². The molecule has 3 heterocycles. The van der Waals surface area contributed by atoms with Gasteiger partial charge in [-0.25, -0.2) is 9.78 Å². The molecule has 0 aliphatic carbocycles. The van der Waals surface area contributed by atoms with E-state index in [1.807, 2.05) is 43.3 Å². The highest BCUT2D eigenvalue weighted by Gasteiger charge is 2.32. The summed E-state index contributed by atoms with van der Waals surface area (Å²) >= 11 is 0. The Hall–Kier alpha value is -3.61. The van der Waals surface area contributed by atoms with Crippen LogP contribution in [0.2, 0.25) is 0 Å². The molecule has 2 atom stereocenters. The first-order chi connectivity index (χ1) is 14.6. The summed E-state index contributed by atoms with van der Waals surface area (Å²) in [5.41, 5.74) is 2.80. The van der Waals surface area contributed by atoms with Gasteiger partial charge in [0.1, 0.15) is 28.7 Å². The maximum absolute atomic E-state index is 13.0. The molecule has 0 radical (unpaired) electrons. The third-order valence-electron chi connectivity index (χ3n) is 5.77. The standard InChI is InChI=1S/C23H21N3O4/c1-13(14-7-9-20-16(11-14)15-5-3-4-6-19(15)30-20)25-17-12-24-21-10-8-18(23(28)29-2)26(21)22(17)27/h3-7,9,11-13,18,25H,8,10H2,1-2H3/t13-,18+/m1/s1. The van der Waals surface area contributed by atoms with Crippen LogP contribution in [0.5, 0.6) is 0 Å². The number of para-hydroxylation sites is 1. The number of hydrogen-bond donors (Lipinski definition) is 1. The molecule has 2 aromatic carbocycles. The third kappa shape index (κ3) is 2.85. The molecule has 4 aromatic rings. The first-order valence-corrected chi connectivity index (χ1v) is 9.93. The SMILES string of the molecule is COC(=O)[C@@H]1CCc2ncc(N[C@H](C)c3ccc4oc5ccccc5c4c3)c(=O)n21. The zero-order valence-electron chi connectivity index (χ0n) is 16.7. The molecule has 0 fully saturated rings. The number of ether oxygens (including phenoxy) is 1.